The molecule has 0 atom stereocenters. The number of nitrogens with zero attached hydrogens (tertiary/aromatic N) is 1. The van der Waals surface area contributed by atoms with Crippen molar-refractivity contribution in [3.8, 4) is 0 Å². The molecule has 0 aromatic carbocycles. The first-order valence-corrected chi connectivity index (χ1v) is 3.50. The maximum absolute atomic E-state index is 5.48. The van der Waals surface area contributed by atoms with Gasteiger partial charge in [-0.15, -0.1) is 35.6 Å². The quantitative estimate of drug-likeness (QED) is 0.620. The fraction of sp³-hybridized carbons (Fsp3) is 1.00. The Morgan fingerprint density at radius 2 is 1.89 bits per heavy atom. The van der Waals surface area contributed by atoms with Gasteiger partial charge in [-0.05, 0) is 13.6 Å². The maximum atomic E-state index is 5.48. The third-order valence-electron chi connectivity index (χ3n) is 0.990. The van der Waals surface area contributed by atoms with E-state index >= 15 is 0 Å². The fourth-order valence-electron chi connectivity index (χ4n) is 0.365. The highest BCUT2D eigenvalue weighted by atomic mass is 35.5. The molecule has 0 aliphatic carbocycles. The van der Waals surface area contributed by atoms with Crippen LogP contribution in [0, 0.1) is 0 Å². The van der Waals surface area contributed by atoms with Gasteiger partial charge in [-0.1, -0.05) is 6.92 Å². The van der Waals surface area contributed by atoms with E-state index in [1.165, 1.54) is 0 Å². The average Bonchev–Trinajstić information content (AvgIpc) is 1.65. The number of hydrogen-bond donors (Lipinski definition) is 0. The number of alkyl halides is 2. The molecule has 0 saturated heterocycles. The molecular formula is C5H12Cl3N. The van der Waals surface area contributed by atoms with E-state index in [4.69, 9.17) is 23.2 Å². The lowest BCUT2D eigenvalue weighted by Crippen LogP contribution is -2.22. The van der Waals surface area contributed by atoms with Crippen LogP contribution in [0.15, 0.2) is 0 Å². The molecule has 0 amide bonds. The summed E-state index contributed by atoms with van der Waals surface area (Å²) in [5.41, 5.74) is 0. The standard InChI is InChI=1S/C5H11Cl2N.ClH/c1-3-8(2)4-5(6)7;/h5H,3-4H2,1-2H3;1H. The Balaban J connectivity index is 0. The number of halogens is 3. The lowest BCUT2D eigenvalue weighted by molar-refractivity contribution is 0.369. The third kappa shape index (κ3) is 8.83. The van der Waals surface area contributed by atoms with Crippen LogP contribution < -0.4 is 0 Å². The highest BCUT2D eigenvalue weighted by Crippen LogP contribution is 2.01. The van der Waals surface area contributed by atoms with Gasteiger partial charge in [0.25, 0.3) is 0 Å². The minimum Gasteiger partial charge on any atom is -0.304 e. The summed E-state index contributed by atoms with van der Waals surface area (Å²) in [7, 11) is 1.98. The van der Waals surface area contributed by atoms with Crippen LogP contribution in [0.5, 0.6) is 0 Å². The van der Waals surface area contributed by atoms with Gasteiger partial charge in [-0.25, -0.2) is 0 Å². The van der Waals surface area contributed by atoms with E-state index in [0.717, 1.165) is 13.1 Å². The molecule has 0 saturated carbocycles. The van der Waals surface area contributed by atoms with E-state index < -0.39 is 0 Å². The first-order valence-electron chi connectivity index (χ1n) is 2.63. The van der Waals surface area contributed by atoms with Crippen molar-refractivity contribution in [2.45, 2.75) is 11.8 Å². The Bertz CT molecular complexity index is 58.2. The third-order valence-corrected chi connectivity index (χ3v) is 1.27. The molecule has 0 N–H and O–H groups in total. The van der Waals surface area contributed by atoms with Crippen molar-refractivity contribution in [3.05, 3.63) is 0 Å². The summed E-state index contributed by atoms with van der Waals surface area (Å²) in [5.74, 6) is 0. The van der Waals surface area contributed by atoms with Gasteiger partial charge in [0, 0.05) is 6.54 Å². The van der Waals surface area contributed by atoms with Crippen molar-refractivity contribution < 1.29 is 0 Å². The van der Waals surface area contributed by atoms with Crippen molar-refractivity contribution in [3.63, 3.8) is 0 Å². The first-order chi connectivity index (χ1) is 3.66. The Morgan fingerprint density at radius 3 is 2.00 bits per heavy atom. The van der Waals surface area contributed by atoms with Crippen LogP contribution in [-0.4, -0.2) is 29.9 Å². The molecule has 9 heavy (non-hydrogen) atoms. The molecular weight excluding hydrogens is 180 g/mol. The van der Waals surface area contributed by atoms with Crippen LogP contribution in [0.25, 0.3) is 0 Å². The second-order valence-electron chi connectivity index (χ2n) is 1.75. The molecule has 0 aliphatic rings. The van der Waals surface area contributed by atoms with Crippen molar-refractivity contribution in [2.75, 3.05) is 20.1 Å². The maximum Gasteiger partial charge on any atom is 0.120 e. The second kappa shape index (κ2) is 6.94. The second-order valence-corrected chi connectivity index (χ2v) is 3.02. The minimum atomic E-state index is -0.250. The van der Waals surface area contributed by atoms with Gasteiger partial charge in [0.15, 0.2) is 0 Å². The summed E-state index contributed by atoms with van der Waals surface area (Å²) in [6.07, 6.45) is 0. The summed E-state index contributed by atoms with van der Waals surface area (Å²) in [4.78, 5) is 1.81. The van der Waals surface area contributed by atoms with Crippen molar-refractivity contribution >= 4 is 35.6 Å². The van der Waals surface area contributed by atoms with Crippen LogP contribution in [0.2, 0.25) is 0 Å². The predicted octanol–water partition coefficient (Wildman–Crippen LogP) is 2.16. The molecule has 0 bridgehead atoms. The van der Waals surface area contributed by atoms with Gasteiger partial charge < -0.3 is 4.90 Å². The Labute approximate surface area is 72.7 Å². The van der Waals surface area contributed by atoms with Gasteiger partial charge in [0.1, 0.15) is 4.84 Å². The smallest absolute Gasteiger partial charge is 0.120 e. The number of hydrogen-bond acceptors (Lipinski definition) is 1. The molecule has 0 aromatic rings. The molecule has 0 aromatic heterocycles. The lowest BCUT2D eigenvalue weighted by atomic mass is 10.6. The number of rotatable bonds is 3. The molecule has 58 valence electrons. The molecule has 4 heteroatoms. The summed E-state index contributed by atoms with van der Waals surface area (Å²) in [5, 5.41) is 0. The van der Waals surface area contributed by atoms with E-state index in [9.17, 15) is 0 Å². The Kier molecular flexibility index (Phi) is 9.64. The molecule has 0 rings (SSSR count). The fourth-order valence-corrected chi connectivity index (χ4v) is 0.836. The van der Waals surface area contributed by atoms with E-state index in [1.54, 1.807) is 0 Å². The van der Waals surface area contributed by atoms with Gasteiger partial charge in [-0.3, -0.25) is 0 Å². The van der Waals surface area contributed by atoms with Gasteiger partial charge in [0.2, 0.25) is 0 Å². The zero-order chi connectivity index (χ0) is 6.57. The largest absolute Gasteiger partial charge is 0.304 e. The summed E-state index contributed by atoms with van der Waals surface area (Å²) in [6.45, 7) is 3.81. The minimum absolute atomic E-state index is 0. The highest BCUT2D eigenvalue weighted by molar-refractivity contribution is 6.44. The molecule has 0 spiro atoms. The summed E-state index contributed by atoms with van der Waals surface area (Å²) in [6, 6.07) is 0. The SMILES string of the molecule is CCN(C)CC(Cl)Cl.Cl. The van der Waals surface area contributed by atoms with E-state index in [1.807, 2.05) is 7.05 Å². The molecule has 0 radical (unpaired) electrons. The lowest BCUT2D eigenvalue weighted by Gasteiger charge is -2.12. The zero-order valence-electron chi connectivity index (χ0n) is 5.60. The van der Waals surface area contributed by atoms with Crippen LogP contribution in [-0.2, 0) is 0 Å². The van der Waals surface area contributed by atoms with E-state index in [0.29, 0.717) is 0 Å². The highest BCUT2D eigenvalue weighted by Gasteiger charge is 2.00. The van der Waals surface area contributed by atoms with Crippen LogP contribution >= 0.6 is 35.6 Å². The summed E-state index contributed by atoms with van der Waals surface area (Å²) < 4.78 is 0. The van der Waals surface area contributed by atoms with Crippen molar-refractivity contribution in [1.82, 2.24) is 4.90 Å². The molecule has 0 heterocycles. The van der Waals surface area contributed by atoms with E-state index in [-0.39, 0.29) is 17.2 Å². The monoisotopic (exact) mass is 191 g/mol. The first kappa shape index (κ1) is 12.5. The molecule has 0 fully saturated rings. The van der Waals surface area contributed by atoms with Crippen LogP contribution in [0.4, 0.5) is 0 Å². The zero-order valence-corrected chi connectivity index (χ0v) is 7.93. The topological polar surface area (TPSA) is 3.24 Å². The molecule has 0 unspecified atom stereocenters. The normalized spacial score (nSPS) is 10.0. The van der Waals surface area contributed by atoms with Crippen LogP contribution in [0.3, 0.4) is 0 Å². The van der Waals surface area contributed by atoms with E-state index in [2.05, 4.69) is 11.8 Å². The van der Waals surface area contributed by atoms with Gasteiger partial charge >= 0.3 is 0 Å². The van der Waals surface area contributed by atoms with Crippen LogP contribution in [0.1, 0.15) is 6.92 Å². The molecule has 1 nitrogen and oxygen atoms in total. The van der Waals surface area contributed by atoms with Gasteiger partial charge in [-0.2, -0.15) is 0 Å². The van der Waals surface area contributed by atoms with Crippen molar-refractivity contribution in [2.24, 2.45) is 0 Å². The molecule has 0 aliphatic heterocycles. The van der Waals surface area contributed by atoms with Crippen molar-refractivity contribution in [1.29, 1.82) is 0 Å². The van der Waals surface area contributed by atoms with Gasteiger partial charge in [0.05, 0.1) is 0 Å². The predicted molar refractivity (Wildman–Crippen MR) is 45.9 cm³/mol. The summed E-state index contributed by atoms with van der Waals surface area (Å²) >= 11 is 11.0. The average molecular weight is 193 g/mol. The Hall–Kier alpha value is 0.830. The Morgan fingerprint density at radius 1 is 1.44 bits per heavy atom.